The van der Waals surface area contributed by atoms with Crippen LogP contribution >= 0.6 is 11.8 Å². The molecule has 2 aromatic rings. The van der Waals surface area contributed by atoms with E-state index in [4.69, 9.17) is 0 Å². The Morgan fingerprint density at radius 2 is 1.95 bits per heavy atom. The highest BCUT2D eigenvalue weighted by molar-refractivity contribution is 8.00. The number of anilines is 1. The van der Waals surface area contributed by atoms with Crippen molar-refractivity contribution < 1.29 is 9.18 Å². The van der Waals surface area contributed by atoms with Gasteiger partial charge >= 0.3 is 0 Å². The van der Waals surface area contributed by atoms with Crippen LogP contribution in [-0.2, 0) is 11.2 Å². The number of rotatable bonds is 4. The first-order chi connectivity index (χ1) is 10.7. The molecule has 114 valence electrons. The number of hydrogen-bond donors (Lipinski definition) is 0. The van der Waals surface area contributed by atoms with Crippen LogP contribution in [0.15, 0.2) is 48.5 Å². The molecule has 0 spiro atoms. The first-order valence-electron chi connectivity index (χ1n) is 7.41. The number of fused-ring (bicyclic) bond motifs is 1. The maximum absolute atomic E-state index is 13.8. The molecule has 0 radical (unpaired) electrons. The topological polar surface area (TPSA) is 20.3 Å². The van der Waals surface area contributed by atoms with E-state index >= 15 is 0 Å². The molecule has 0 N–H and O–H groups in total. The monoisotopic (exact) mass is 315 g/mol. The summed E-state index contributed by atoms with van der Waals surface area (Å²) in [6, 6.07) is 14.8. The normalized spacial score (nSPS) is 14.7. The minimum Gasteiger partial charge on any atom is -0.311 e. The third-order valence-electron chi connectivity index (χ3n) is 3.99. The van der Waals surface area contributed by atoms with E-state index in [-0.39, 0.29) is 17.0 Å². The molecule has 0 saturated carbocycles. The molecule has 1 amide bonds. The number of nitrogens with zero attached hydrogens (tertiary/aromatic N) is 1. The lowest BCUT2D eigenvalue weighted by molar-refractivity contribution is -0.116. The lowest BCUT2D eigenvalue weighted by Crippen LogP contribution is -2.30. The molecule has 0 aromatic heterocycles. The van der Waals surface area contributed by atoms with Crippen molar-refractivity contribution in [1.82, 2.24) is 0 Å². The van der Waals surface area contributed by atoms with Gasteiger partial charge in [0.15, 0.2) is 0 Å². The van der Waals surface area contributed by atoms with E-state index in [0.717, 1.165) is 18.7 Å². The predicted molar refractivity (Wildman–Crippen MR) is 89.8 cm³/mol. The Hall–Kier alpha value is -1.81. The van der Waals surface area contributed by atoms with Crippen molar-refractivity contribution in [3.63, 3.8) is 0 Å². The molecule has 4 heteroatoms. The first-order valence-corrected chi connectivity index (χ1v) is 8.46. The minimum atomic E-state index is -0.207. The van der Waals surface area contributed by atoms with Crippen molar-refractivity contribution in [3.8, 4) is 0 Å². The third-order valence-corrected chi connectivity index (χ3v) is 5.16. The van der Waals surface area contributed by atoms with Crippen LogP contribution < -0.4 is 4.90 Å². The molecule has 0 saturated heterocycles. The summed E-state index contributed by atoms with van der Waals surface area (Å²) in [5.41, 5.74) is 2.90. The Kier molecular flexibility index (Phi) is 4.48. The Bertz CT molecular complexity index is 688. The van der Waals surface area contributed by atoms with Crippen LogP contribution in [0.2, 0.25) is 0 Å². The second kappa shape index (κ2) is 6.53. The molecule has 1 unspecified atom stereocenters. The van der Waals surface area contributed by atoms with Crippen molar-refractivity contribution in [3.05, 3.63) is 65.5 Å². The summed E-state index contributed by atoms with van der Waals surface area (Å²) >= 11 is 1.48. The number of hydrogen-bond acceptors (Lipinski definition) is 2. The van der Waals surface area contributed by atoms with Gasteiger partial charge in [0, 0.05) is 23.0 Å². The molecular weight excluding hydrogens is 297 g/mol. The van der Waals surface area contributed by atoms with E-state index in [0.29, 0.717) is 11.3 Å². The van der Waals surface area contributed by atoms with Crippen molar-refractivity contribution in [2.24, 2.45) is 0 Å². The molecule has 1 aliphatic rings. The second-order valence-corrected chi connectivity index (χ2v) is 6.73. The van der Waals surface area contributed by atoms with E-state index in [1.54, 1.807) is 12.1 Å². The highest BCUT2D eigenvalue weighted by Crippen LogP contribution is 2.32. The standard InChI is InChI=1S/C18H18FNOS/c1-13(15-7-3-4-8-16(15)19)22-12-18(21)20-11-10-14-6-2-5-9-17(14)20/h2-9,13H,10-12H2,1H3. The number of para-hydroxylation sites is 1. The van der Waals surface area contributed by atoms with Gasteiger partial charge in [-0.05, 0) is 31.0 Å². The summed E-state index contributed by atoms with van der Waals surface area (Å²) in [6.07, 6.45) is 0.912. The molecule has 2 aromatic carbocycles. The van der Waals surface area contributed by atoms with Gasteiger partial charge in [0.25, 0.3) is 0 Å². The van der Waals surface area contributed by atoms with Crippen LogP contribution in [0.25, 0.3) is 0 Å². The smallest absolute Gasteiger partial charge is 0.237 e. The Balaban J connectivity index is 1.63. The minimum absolute atomic E-state index is 0.0389. The fraction of sp³-hybridized carbons (Fsp3) is 0.278. The zero-order chi connectivity index (χ0) is 15.5. The van der Waals surface area contributed by atoms with Crippen LogP contribution in [0, 0.1) is 5.82 Å². The van der Waals surface area contributed by atoms with Crippen LogP contribution in [-0.4, -0.2) is 18.2 Å². The van der Waals surface area contributed by atoms with Crippen LogP contribution in [0.3, 0.4) is 0 Å². The third kappa shape index (κ3) is 3.02. The van der Waals surface area contributed by atoms with Crippen molar-refractivity contribution >= 4 is 23.4 Å². The number of thioether (sulfide) groups is 1. The lowest BCUT2D eigenvalue weighted by atomic mass is 10.1. The van der Waals surface area contributed by atoms with E-state index < -0.39 is 0 Å². The molecule has 0 fully saturated rings. The van der Waals surface area contributed by atoms with Gasteiger partial charge in [-0.3, -0.25) is 4.79 Å². The molecule has 1 atom stereocenters. The largest absolute Gasteiger partial charge is 0.311 e. The maximum Gasteiger partial charge on any atom is 0.237 e. The average molecular weight is 315 g/mol. The van der Waals surface area contributed by atoms with Crippen LogP contribution in [0.5, 0.6) is 0 Å². The second-order valence-electron chi connectivity index (χ2n) is 5.40. The van der Waals surface area contributed by atoms with Gasteiger partial charge in [0.05, 0.1) is 5.75 Å². The van der Waals surface area contributed by atoms with E-state index in [1.165, 1.54) is 23.4 Å². The molecule has 1 aliphatic heterocycles. The maximum atomic E-state index is 13.8. The average Bonchev–Trinajstić information content (AvgIpc) is 2.97. The van der Waals surface area contributed by atoms with Gasteiger partial charge in [0.1, 0.15) is 5.82 Å². The van der Waals surface area contributed by atoms with Gasteiger partial charge in [-0.1, -0.05) is 36.4 Å². The number of carbonyl (C=O) groups excluding carboxylic acids is 1. The molecular formula is C18H18FNOS. The van der Waals surface area contributed by atoms with E-state index in [9.17, 15) is 9.18 Å². The fourth-order valence-corrected chi connectivity index (χ4v) is 3.69. The van der Waals surface area contributed by atoms with E-state index in [1.807, 2.05) is 36.1 Å². The summed E-state index contributed by atoms with van der Waals surface area (Å²) in [5, 5.41) is -0.0389. The zero-order valence-electron chi connectivity index (χ0n) is 12.5. The summed E-state index contributed by atoms with van der Waals surface area (Å²) in [7, 11) is 0. The zero-order valence-corrected chi connectivity index (χ0v) is 13.3. The molecule has 0 aliphatic carbocycles. The number of amides is 1. The Morgan fingerprint density at radius 1 is 1.23 bits per heavy atom. The van der Waals surface area contributed by atoms with Crippen LogP contribution in [0.4, 0.5) is 10.1 Å². The lowest BCUT2D eigenvalue weighted by Gasteiger charge is -2.19. The molecule has 2 nitrogen and oxygen atoms in total. The molecule has 1 heterocycles. The quantitative estimate of drug-likeness (QED) is 0.842. The molecule has 0 bridgehead atoms. The molecule has 3 rings (SSSR count). The summed E-state index contributed by atoms with van der Waals surface area (Å²) in [4.78, 5) is 14.3. The Morgan fingerprint density at radius 3 is 2.77 bits per heavy atom. The van der Waals surface area contributed by atoms with Gasteiger partial charge < -0.3 is 4.90 Å². The fourth-order valence-electron chi connectivity index (χ4n) is 2.77. The number of halogens is 1. The van der Waals surface area contributed by atoms with Gasteiger partial charge in [-0.2, -0.15) is 0 Å². The van der Waals surface area contributed by atoms with Crippen molar-refractivity contribution in [2.75, 3.05) is 17.2 Å². The summed E-state index contributed by atoms with van der Waals surface area (Å²) in [5.74, 6) is 0.253. The number of benzene rings is 2. The van der Waals surface area contributed by atoms with Crippen molar-refractivity contribution in [1.29, 1.82) is 0 Å². The summed E-state index contributed by atoms with van der Waals surface area (Å²) in [6.45, 7) is 2.68. The SMILES string of the molecule is CC(SCC(=O)N1CCc2ccccc21)c1ccccc1F. The van der Waals surface area contributed by atoms with Crippen LogP contribution in [0.1, 0.15) is 23.3 Å². The highest BCUT2D eigenvalue weighted by atomic mass is 32.2. The van der Waals surface area contributed by atoms with Gasteiger partial charge in [-0.15, -0.1) is 11.8 Å². The number of carbonyl (C=O) groups is 1. The first kappa shape index (κ1) is 15.1. The molecule has 22 heavy (non-hydrogen) atoms. The van der Waals surface area contributed by atoms with E-state index in [2.05, 4.69) is 6.07 Å². The Labute approximate surface area is 134 Å². The summed E-state index contributed by atoms with van der Waals surface area (Å²) < 4.78 is 13.8. The van der Waals surface area contributed by atoms with Gasteiger partial charge in [-0.25, -0.2) is 4.39 Å². The predicted octanol–water partition coefficient (Wildman–Crippen LogP) is 4.21. The van der Waals surface area contributed by atoms with Crippen molar-refractivity contribution in [2.45, 2.75) is 18.6 Å². The highest BCUT2D eigenvalue weighted by Gasteiger charge is 2.24. The van der Waals surface area contributed by atoms with Gasteiger partial charge in [0.2, 0.25) is 5.91 Å².